The normalized spacial score (nSPS) is 9.33. The molecule has 0 atom stereocenters. The van der Waals surface area contributed by atoms with Crippen molar-refractivity contribution >= 4 is 5.78 Å². The van der Waals surface area contributed by atoms with Crippen molar-refractivity contribution in [3.8, 4) is 0 Å². The first-order chi connectivity index (χ1) is 7.22. The zero-order valence-electron chi connectivity index (χ0n) is 10.1. The van der Waals surface area contributed by atoms with Crippen LogP contribution in [0.5, 0.6) is 0 Å². The predicted molar refractivity (Wildman–Crippen MR) is 63.8 cm³/mol. The minimum atomic E-state index is -0.309. The third-order valence-electron chi connectivity index (χ3n) is 1.95. The Labute approximate surface area is 93.2 Å². The van der Waals surface area contributed by atoms with Gasteiger partial charge in [-0.3, -0.25) is 4.79 Å². The molecule has 0 fully saturated rings. The fraction of sp³-hybridized carbons (Fsp3) is 0.909. The van der Waals surface area contributed by atoms with E-state index in [2.05, 4.69) is 5.32 Å². The maximum atomic E-state index is 9.93. The van der Waals surface area contributed by atoms with Gasteiger partial charge < -0.3 is 16.2 Å². The fourth-order valence-corrected chi connectivity index (χ4v) is 0.911. The number of nitrogens with two attached hydrogens (primary N) is 1. The number of unbranched alkanes of at least 4 members (excludes halogenated alkanes) is 3. The Bertz CT molecular complexity index is 118. The summed E-state index contributed by atoms with van der Waals surface area (Å²) in [5.74, 6) is -0.102. The van der Waals surface area contributed by atoms with Gasteiger partial charge in [0.15, 0.2) is 5.78 Å². The van der Waals surface area contributed by atoms with Crippen molar-refractivity contribution in [2.45, 2.75) is 39.0 Å². The van der Waals surface area contributed by atoms with Gasteiger partial charge in [-0.05, 0) is 33.0 Å². The van der Waals surface area contributed by atoms with Crippen LogP contribution >= 0.6 is 0 Å². The first-order valence-electron chi connectivity index (χ1n) is 5.70. The summed E-state index contributed by atoms with van der Waals surface area (Å²) in [6, 6.07) is 0. The zero-order valence-corrected chi connectivity index (χ0v) is 10.1. The highest BCUT2D eigenvalue weighted by Crippen LogP contribution is 1.96. The third-order valence-corrected chi connectivity index (χ3v) is 1.95. The number of hydrogen-bond donors (Lipinski definition) is 3. The van der Waals surface area contributed by atoms with Crippen molar-refractivity contribution < 1.29 is 9.90 Å². The van der Waals surface area contributed by atoms with Crippen LogP contribution in [0, 0.1) is 0 Å². The molecule has 0 spiro atoms. The second kappa shape index (κ2) is 16.0. The highest BCUT2D eigenvalue weighted by Gasteiger charge is 1.88. The van der Waals surface area contributed by atoms with Crippen LogP contribution in [0.25, 0.3) is 0 Å². The topological polar surface area (TPSA) is 75.3 Å². The van der Waals surface area contributed by atoms with Gasteiger partial charge in [0.1, 0.15) is 6.61 Å². The van der Waals surface area contributed by atoms with E-state index in [4.69, 9.17) is 10.8 Å². The fourth-order valence-electron chi connectivity index (χ4n) is 0.911. The summed E-state index contributed by atoms with van der Waals surface area (Å²) in [6.45, 7) is 3.40. The van der Waals surface area contributed by atoms with Gasteiger partial charge in [-0.1, -0.05) is 19.8 Å². The summed E-state index contributed by atoms with van der Waals surface area (Å²) in [5.41, 5.74) is 5.33. The molecule has 4 nitrogen and oxygen atoms in total. The highest BCUT2D eigenvalue weighted by atomic mass is 16.3. The minimum absolute atomic E-state index is 0.102. The molecule has 0 aliphatic carbocycles. The van der Waals surface area contributed by atoms with Crippen molar-refractivity contribution in [1.29, 1.82) is 0 Å². The van der Waals surface area contributed by atoms with E-state index in [9.17, 15) is 4.79 Å². The molecule has 0 aliphatic heterocycles. The number of Topliss-reactive ketones (excluding diaryl/α,β-unsaturated/α-hetero) is 1. The van der Waals surface area contributed by atoms with Crippen LogP contribution in [0.4, 0.5) is 0 Å². The van der Waals surface area contributed by atoms with E-state index in [-0.39, 0.29) is 12.4 Å². The number of rotatable bonds is 8. The number of hydrogen-bond acceptors (Lipinski definition) is 4. The molecule has 0 aromatic rings. The lowest BCUT2D eigenvalue weighted by atomic mass is 10.2. The van der Waals surface area contributed by atoms with Crippen LogP contribution < -0.4 is 11.1 Å². The average Bonchev–Trinajstić information content (AvgIpc) is 2.29. The number of carbonyl (C=O) groups excluding carboxylic acids is 1. The Morgan fingerprint density at radius 1 is 1.27 bits per heavy atom. The largest absolute Gasteiger partial charge is 0.389 e. The Kier molecular flexibility index (Phi) is 18.1. The molecule has 4 heteroatoms. The van der Waals surface area contributed by atoms with Crippen LogP contribution in [0.15, 0.2) is 0 Å². The molecule has 0 aromatic heterocycles. The van der Waals surface area contributed by atoms with Crippen molar-refractivity contribution in [2.75, 3.05) is 26.7 Å². The van der Waals surface area contributed by atoms with Gasteiger partial charge in [-0.25, -0.2) is 0 Å². The summed E-state index contributed by atoms with van der Waals surface area (Å²) in [6.07, 6.45) is 5.52. The van der Waals surface area contributed by atoms with Gasteiger partial charge >= 0.3 is 0 Å². The molecule has 0 saturated heterocycles. The third kappa shape index (κ3) is 19.8. The minimum Gasteiger partial charge on any atom is -0.389 e. The second-order valence-corrected chi connectivity index (χ2v) is 3.36. The van der Waals surface area contributed by atoms with Gasteiger partial charge in [0.2, 0.25) is 0 Å². The van der Waals surface area contributed by atoms with Gasteiger partial charge in [0, 0.05) is 6.42 Å². The molecule has 0 saturated carbocycles. The van der Waals surface area contributed by atoms with Crippen molar-refractivity contribution in [3.05, 3.63) is 0 Å². The van der Waals surface area contributed by atoms with E-state index >= 15 is 0 Å². The summed E-state index contributed by atoms with van der Waals surface area (Å²) < 4.78 is 0. The Morgan fingerprint density at radius 3 is 2.20 bits per heavy atom. The Balaban J connectivity index is 0. The number of aliphatic hydroxyl groups is 1. The second-order valence-electron chi connectivity index (χ2n) is 3.36. The molecule has 0 heterocycles. The molecule has 0 rings (SSSR count). The Morgan fingerprint density at radius 2 is 1.87 bits per heavy atom. The van der Waals surface area contributed by atoms with Crippen LogP contribution in [0.1, 0.15) is 39.0 Å². The lowest BCUT2D eigenvalue weighted by Crippen LogP contribution is -2.07. The van der Waals surface area contributed by atoms with Gasteiger partial charge in [-0.2, -0.15) is 0 Å². The van der Waals surface area contributed by atoms with E-state index in [1.54, 1.807) is 6.92 Å². The number of ketones is 1. The van der Waals surface area contributed by atoms with Gasteiger partial charge in [-0.15, -0.1) is 0 Å². The first-order valence-corrected chi connectivity index (χ1v) is 5.70. The van der Waals surface area contributed by atoms with E-state index in [1.807, 2.05) is 7.05 Å². The van der Waals surface area contributed by atoms with Crippen LogP contribution in [-0.2, 0) is 4.79 Å². The lowest BCUT2D eigenvalue weighted by Gasteiger charge is -1.97. The molecule has 92 valence electrons. The molecule has 0 aromatic carbocycles. The van der Waals surface area contributed by atoms with Crippen molar-refractivity contribution in [3.63, 3.8) is 0 Å². The molecule has 0 unspecified atom stereocenters. The number of carbonyl (C=O) groups is 1. The van der Waals surface area contributed by atoms with Gasteiger partial charge in [0.05, 0.1) is 0 Å². The quantitative estimate of drug-likeness (QED) is 0.524. The summed E-state index contributed by atoms with van der Waals surface area (Å²) in [5, 5.41) is 11.1. The van der Waals surface area contributed by atoms with Gasteiger partial charge in [0.25, 0.3) is 0 Å². The number of aliphatic hydroxyl groups excluding tert-OH is 1. The summed E-state index contributed by atoms with van der Waals surface area (Å²) >= 11 is 0. The zero-order chi connectivity index (χ0) is 11.9. The lowest BCUT2D eigenvalue weighted by molar-refractivity contribution is -0.121. The van der Waals surface area contributed by atoms with Crippen molar-refractivity contribution in [2.24, 2.45) is 5.73 Å². The van der Waals surface area contributed by atoms with Crippen LogP contribution in [-0.4, -0.2) is 37.6 Å². The molecular formula is C11H26N2O2. The van der Waals surface area contributed by atoms with E-state index in [1.165, 1.54) is 25.7 Å². The molecular weight excluding hydrogens is 192 g/mol. The molecule has 15 heavy (non-hydrogen) atoms. The summed E-state index contributed by atoms with van der Waals surface area (Å²) in [7, 11) is 1.99. The molecule has 0 aliphatic rings. The standard InChI is InChI=1S/C7H18N2.C4H8O2/c1-9-7-5-3-2-4-6-8;1-2-4(6)3-5/h9H,2-8H2,1H3;5H,2-3H2,1H3. The summed E-state index contributed by atoms with van der Waals surface area (Å²) in [4.78, 5) is 9.93. The number of nitrogens with one attached hydrogen (secondary N) is 1. The monoisotopic (exact) mass is 218 g/mol. The average molecular weight is 218 g/mol. The maximum Gasteiger partial charge on any atom is 0.157 e. The molecule has 0 bridgehead atoms. The maximum absolute atomic E-state index is 9.93. The molecule has 4 N–H and O–H groups in total. The van der Waals surface area contributed by atoms with E-state index in [0.29, 0.717) is 6.42 Å². The first kappa shape index (κ1) is 17.0. The molecule has 0 amide bonds. The van der Waals surface area contributed by atoms with Crippen LogP contribution in [0.3, 0.4) is 0 Å². The van der Waals surface area contributed by atoms with E-state index in [0.717, 1.165) is 13.1 Å². The van der Waals surface area contributed by atoms with E-state index < -0.39 is 0 Å². The highest BCUT2D eigenvalue weighted by molar-refractivity contribution is 5.78. The molecule has 0 radical (unpaired) electrons. The Hall–Kier alpha value is -0.450. The SMILES string of the molecule is CCC(=O)CO.CNCCCCCCN. The van der Waals surface area contributed by atoms with Crippen LogP contribution in [0.2, 0.25) is 0 Å². The van der Waals surface area contributed by atoms with Crippen molar-refractivity contribution in [1.82, 2.24) is 5.32 Å². The predicted octanol–water partition coefficient (Wildman–Crippen LogP) is 0.683. The smallest absolute Gasteiger partial charge is 0.157 e.